The van der Waals surface area contributed by atoms with E-state index >= 15 is 0 Å². The Labute approximate surface area is 188 Å². The Balaban J connectivity index is 1.51. The molecule has 2 heterocycles. The topological polar surface area (TPSA) is 110 Å². The van der Waals surface area contributed by atoms with Gasteiger partial charge in [0.2, 0.25) is 16.0 Å². The number of para-hydroxylation sites is 1. The van der Waals surface area contributed by atoms with Crippen LogP contribution in [0.15, 0.2) is 53.6 Å². The molecule has 170 valence electrons. The third-order valence-corrected chi connectivity index (χ3v) is 6.36. The minimum absolute atomic E-state index is 0.0242. The summed E-state index contributed by atoms with van der Waals surface area (Å²) in [6, 6.07) is 12.1. The van der Waals surface area contributed by atoms with Gasteiger partial charge >= 0.3 is 0 Å². The summed E-state index contributed by atoms with van der Waals surface area (Å²) >= 11 is 0. The Morgan fingerprint density at radius 1 is 1.19 bits per heavy atom. The summed E-state index contributed by atoms with van der Waals surface area (Å²) in [6.07, 6.45) is 3.85. The van der Waals surface area contributed by atoms with Crippen molar-refractivity contribution in [2.24, 2.45) is 11.1 Å². The summed E-state index contributed by atoms with van der Waals surface area (Å²) in [5, 5.41) is 9.17. The summed E-state index contributed by atoms with van der Waals surface area (Å²) < 4.78 is 29.6. The molecule has 0 spiro atoms. The number of likely N-dealkylation sites (tertiary alicyclic amines) is 1. The summed E-state index contributed by atoms with van der Waals surface area (Å²) in [5.74, 6) is 1.75. The number of nitrogens with zero attached hydrogens (tertiary/aromatic N) is 3. The summed E-state index contributed by atoms with van der Waals surface area (Å²) in [4.78, 5) is 11.5. The van der Waals surface area contributed by atoms with Crippen molar-refractivity contribution in [1.29, 1.82) is 0 Å². The lowest BCUT2D eigenvalue weighted by Gasteiger charge is -2.33. The van der Waals surface area contributed by atoms with E-state index in [2.05, 4.69) is 34.0 Å². The monoisotopic (exact) mass is 455 g/mol. The van der Waals surface area contributed by atoms with Crippen LogP contribution in [0.1, 0.15) is 26.7 Å². The van der Waals surface area contributed by atoms with E-state index in [-0.39, 0.29) is 11.0 Å². The number of piperidine rings is 1. The summed E-state index contributed by atoms with van der Waals surface area (Å²) in [5.41, 5.74) is 1.25. The Morgan fingerprint density at radius 2 is 1.94 bits per heavy atom. The van der Waals surface area contributed by atoms with Gasteiger partial charge in [0, 0.05) is 36.9 Å². The molecule has 3 N–H and O–H groups in total. The molecule has 8 nitrogen and oxygen atoms in total. The lowest BCUT2D eigenvalue weighted by atomic mass is 10.1. The van der Waals surface area contributed by atoms with E-state index in [0.717, 1.165) is 49.1 Å². The molecule has 1 aliphatic heterocycles. The third-order valence-electron chi connectivity index (χ3n) is 5.44. The fourth-order valence-corrected chi connectivity index (χ4v) is 4.53. The predicted octanol–water partition coefficient (Wildman–Crippen LogP) is 3.52. The molecule has 1 saturated heterocycles. The van der Waals surface area contributed by atoms with Crippen LogP contribution in [0.2, 0.25) is 0 Å². The normalized spacial score (nSPS) is 15.9. The predicted molar refractivity (Wildman–Crippen MR) is 126 cm³/mol. The Hall–Kier alpha value is -2.75. The Kier molecular flexibility index (Phi) is 6.59. The zero-order chi connectivity index (χ0) is 22.7. The summed E-state index contributed by atoms with van der Waals surface area (Å²) in [6.45, 7) is 7.69. The molecule has 0 saturated carbocycles. The molecule has 0 amide bonds. The first-order valence-electron chi connectivity index (χ1n) is 10.8. The molecule has 1 aromatic heterocycles. The first-order valence-corrected chi connectivity index (χ1v) is 12.4. The van der Waals surface area contributed by atoms with Crippen molar-refractivity contribution >= 4 is 32.6 Å². The fraction of sp³-hybridized carbons (Fsp3) is 0.391. The van der Waals surface area contributed by atoms with Crippen LogP contribution in [-0.2, 0) is 10.0 Å². The van der Waals surface area contributed by atoms with Crippen LogP contribution in [0, 0.1) is 5.92 Å². The number of rotatable bonds is 7. The third kappa shape index (κ3) is 5.53. The van der Waals surface area contributed by atoms with Gasteiger partial charge in [-0.3, -0.25) is 0 Å². The van der Waals surface area contributed by atoms with Gasteiger partial charge in [0.1, 0.15) is 17.4 Å². The van der Waals surface area contributed by atoms with Gasteiger partial charge in [0.15, 0.2) is 0 Å². The highest BCUT2D eigenvalue weighted by Crippen LogP contribution is 2.28. The van der Waals surface area contributed by atoms with Gasteiger partial charge in [-0.15, -0.1) is 0 Å². The molecule has 2 aromatic carbocycles. The van der Waals surface area contributed by atoms with Crippen molar-refractivity contribution in [1.82, 2.24) is 14.9 Å². The highest BCUT2D eigenvalue weighted by atomic mass is 32.2. The second-order valence-corrected chi connectivity index (χ2v) is 10.2. The number of primary sulfonamides is 1. The molecule has 9 heteroatoms. The van der Waals surface area contributed by atoms with Crippen LogP contribution in [0.25, 0.3) is 10.9 Å². The molecule has 0 aliphatic carbocycles. The standard InChI is InChI=1S/C23H29N5O3S/c1-16(2)15-28-11-9-19(10-12-28)31-21-8-3-5-17-14-25-23(27-22(17)21)26-18-6-4-7-20(13-18)32(24,29)30/h3-8,13-14,16,19H,9-12,15H2,1-2H3,(H2,24,29,30)(H,25,26,27). The Morgan fingerprint density at radius 3 is 2.66 bits per heavy atom. The lowest BCUT2D eigenvalue weighted by Crippen LogP contribution is -2.39. The number of hydrogen-bond donors (Lipinski definition) is 2. The van der Waals surface area contributed by atoms with Crippen molar-refractivity contribution in [2.45, 2.75) is 37.7 Å². The highest BCUT2D eigenvalue weighted by molar-refractivity contribution is 7.89. The maximum absolute atomic E-state index is 11.6. The van der Waals surface area contributed by atoms with E-state index in [1.54, 1.807) is 18.3 Å². The fourth-order valence-electron chi connectivity index (χ4n) is 3.97. The zero-order valence-corrected chi connectivity index (χ0v) is 19.2. The van der Waals surface area contributed by atoms with E-state index in [0.29, 0.717) is 17.6 Å². The average molecular weight is 456 g/mol. The van der Waals surface area contributed by atoms with Crippen LogP contribution < -0.4 is 15.2 Å². The first-order chi connectivity index (χ1) is 15.3. The molecule has 1 fully saturated rings. The minimum Gasteiger partial charge on any atom is -0.488 e. The number of fused-ring (bicyclic) bond motifs is 1. The second kappa shape index (κ2) is 9.40. The molecule has 0 unspecified atom stereocenters. The minimum atomic E-state index is -3.79. The maximum atomic E-state index is 11.6. The quantitative estimate of drug-likeness (QED) is 0.561. The van der Waals surface area contributed by atoms with E-state index in [4.69, 9.17) is 9.88 Å². The van der Waals surface area contributed by atoms with Gasteiger partial charge in [-0.05, 0) is 43.0 Å². The molecule has 3 aromatic rings. The molecule has 1 aliphatic rings. The van der Waals surface area contributed by atoms with E-state index < -0.39 is 10.0 Å². The van der Waals surface area contributed by atoms with Crippen molar-refractivity contribution in [3.8, 4) is 5.75 Å². The van der Waals surface area contributed by atoms with Gasteiger partial charge in [-0.1, -0.05) is 32.0 Å². The smallest absolute Gasteiger partial charge is 0.238 e. The SMILES string of the molecule is CC(C)CN1CCC(Oc2cccc3cnc(Nc4cccc(S(N)(=O)=O)c4)nc23)CC1. The first kappa shape index (κ1) is 22.4. The van der Waals surface area contributed by atoms with Gasteiger partial charge < -0.3 is 15.0 Å². The summed E-state index contributed by atoms with van der Waals surface area (Å²) in [7, 11) is -3.79. The molecule has 32 heavy (non-hydrogen) atoms. The largest absolute Gasteiger partial charge is 0.488 e. The number of hydrogen-bond acceptors (Lipinski definition) is 7. The number of benzene rings is 2. The number of nitrogens with two attached hydrogens (primary N) is 1. The number of aromatic nitrogens is 2. The van der Waals surface area contributed by atoms with Gasteiger partial charge in [-0.2, -0.15) is 0 Å². The molecule has 4 rings (SSSR count). The number of nitrogens with one attached hydrogen (secondary N) is 1. The van der Waals surface area contributed by atoms with E-state index in [1.807, 2.05) is 18.2 Å². The highest BCUT2D eigenvalue weighted by Gasteiger charge is 2.22. The van der Waals surface area contributed by atoms with Gasteiger partial charge in [-0.25, -0.2) is 23.5 Å². The molecule has 0 atom stereocenters. The van der Waals surface area contributed by atoms with Crippen molar-refractivity contribution in [3.05, 3.63) is 48.7 Å². The number of sulfonamides is 1. The molecule has 0 radical (unpaired) electrons. The molecular formula is C23H29N5O3S. The lowest BCUT2D eigenvalue weighted by molar-refractivity contribution is 0.0951. The van der Waals surface area contributed by atoms with Crippen LogP contribution in [0.5, 0.6) is 5.75 Å². The van der Waals surface area contributed by atoms with Crippen LogP contribution >= 0.6 is 0 Å². The number of ether oxygens (including phenoxy) is 1. The van der Waals surface area contributed by atoms with Crippen molar-refractivity contribution in [2.75, 3.05) is 25.0 Å². The zero-order valence-electron chi connectivity index (χ0n) is 18.4. The molecular weight excluding hydrogens is 426 g/mol. The van der Waals surface area contributed by atoms with Gasteiger partial charge in [0.05, 0.1) is 4.90 Å². The van der Waals surface area contributed by atoms with Crippen LogP contribution in [-0.4, -0.2) is 49.0 Å². The maximum Gasteiger partial charge on any atom is 0.238 e. The van der Waals surface area contributed by atoms with E-state index in [1.165, 1.54) is 12.1 Å². The van der Waals surface area contributed by atoms with Crippen molar-refractivity contribution < 1.29 is 13.2 Å². The van der Waals surface area contributed by atoms with Crippen LogP contribution in [0.3, 0.4) is 0 Å². The van der Waals surface area contributed by atoms with E-state index in [9.17, 15) is 8.42 Å². The molecule has 0 bridgehead atoms. The average Bonchev–Trinajstić information content (AvgIpc) is 2.75. The van der Waals surface area contributed by atoms with Gasteiger partial charge in [0.25, 0.3) is 0 Å². The van der Waals surface area contributed by atoms with Crippen molar-refractivity contribution in [3.63, 3.8) is 0 Å². The Bertz CT molecular complexity index is 1190. The second-order valence-electron chi connectivity index (χ2n) is 8.60. The van der Waals surface area contributed by atoms with Crippen LogP contribution in [0.4, 0.5) is 11.6 Å². The number of anilines is 2.